The first-order valence-electron chi connectivity index (χ1n) is 12.4. The molecule has 0 aliphatic rings. The molecule has 1 heterocycles. The largest absolute Gasteiger partial charge is 0.461 e. The van der Waals surface area contributed by atoms with Gasteiger partial charge in [-0.05, 0) is 48.9 Å². The van der Waals surface area contributed by atoms with Crippen LogP contribution in [-0.2, 0) is 18.6 Å². The number of hydrogen-bond acceptors (Lipinski definition) is 5. The molecular formula is C26H24ClF8N5O2S. The van der Waals surface area contributed by atoms with Crippen molar-refractivity contribution >= 4 is 40.9 Å². The highest BCUT2D eigenvalue weighted by molar-refractivity contribution is 7.99. The predicted molar refractivity (Wildman–Crippen MR) is 145 cm³/mol. The van der Waals surface area contributed by atoms with Gasteiger partial charge in [-0.3, -0.25) is 9.59 Å². The number of carbonyl (C=O) groups excluding carboxylic acids is 2. The topological polar surface area (TPSA) is 88.9 Å². The Kier molecular flexibility index (Phi) is 10.4. The van der Waals surface area contributed by atoms with Crippen molar-refractivity contribution < 1.29 is 44.7 Å². The molecule has 0 aliphatic heterocycles. The van der Waals surface area contributed by atoms with Crippen molar-refractivity contribution in [3.05, 3.63) is 75.3 Å². The summed E-state index contributed by atoms with van der Waals surface area (Å²) in [6.45, 7) is 4.28. The molecule has 0 spiro atoms. The molecule has 0 radical (unpaired) electrons. The minimum atomic E-state index is -6.23. The third kappa shape index (κ3) is 7.96. The molecule has 234 valence electrons. The summed E-state index contributed by atoms with van der Waals surface area (Å²) in [5.41, 5.74) is 0.266. The zero-order valence-corrected chi connectivity index (χ0v) is 24.2. The van der Waals surface area contributed by atoms with Gasteiger partial charge in [0.25, 0.3) is 17.6 Å². The van der Waals surface area contributed by atoms with Crippen LogP contribution in [0.3, 0.4) is 0 Å². The number of halogens is 9. The zero-order chi connectivity index (χ0) is 32.3. The minimum absolute atomic E-state index is 0.0184. The SMILES string of the molecule is CCSC[C@H](C)NC(=O)c1c(Cl)cccc1C(=O)Nc1ccc(Cn2nc(C(F)(F)F)nc2C(F)(F)C(F)(F)F)cc1C. The predicted octanol–water partition coefficient (Wildman–Crippen LogP) is 7.08. The van der Waals surface area contributed by atoms with E-state index < -0.39 is 48.3 Å². The van der Waals surface area contributed by atoms with Crippen LogP contribution in [-0.4, -0.2) is 50.3 Å². The van der Waals surface area contributed by atoms with Gasteiger partial charge < -0.3 is 10.6 Å². The fourth-order valence-corrected chi connectivity index (χ4v) is 4.77. The second kappa shape index (κ2) is 13.1. The average molecular weight is 658 g/mol. The lowest BCUT2D eigenvalue weighted by Gasteiger charge is -2.19. The molecule has 1 atom stereocenters. The maximum atomic E-state index is 14.0. The van der Waals surface area contributed by atoms with E-state index in [9.17, 15) is 44.7 Å². The van der Waals surface area contributed by atoms with Gasteiger partial charge in [-0.25, -0.2) is 9.67 Å². The maximum Gasteiger partial charge on any atom is 0.461 e. The molecular weight excluding hydrogens is 634 g/mol. The van der Waals surface area contributed by atoms with Crippen molar-refractivity contribution in [2.75, 3.05) is 16.8 Å². The third-order valence-electron chi connectivity index (χ3n) is 5.87. The summed E-state index contributed by atoms with van der Waals surface area (Å²) in [5.74, 6) is -9.96. The lowest BCUT2D eigenvalue weighted by molar-refractivity contribution is -0.293. The third-order valence-corrected chi connectivity index (χ3v) is 7.33. The summed E-state index contributed by atoms with van der Waals surface area (Å²) in [6.07, 6.45) is -11.6. The number of carbonyl (C=O) groups is 2. The quantitative estimate of drug-likeness (QED) is 0.228. The molecule has 43 heavy (non-hydrogen) atoms. The number of amides is 2. The Balaban J connectivity index is 1.87. The highest BCUT2D eigenvalue weighted by Gasteiger charge is 2.62. The van der Waals surface area contributed by atoms with E-state index in [1.165, 1.54) is 43.3 Å². The van der Waals surface area contributed by atoms with Crippen molar-refractivity contribution in [3.63, 3.8) is 0 Å². The van der Waals surface area contributed by atoms with Crippen LogP contribution in [0.4, 0.5) is 40.8 Å². The van der Waals surface area contributed by atoms with Crippen LogP contribution in [0.25, 0.3) is 0 Å². The number of anilines is 1. The lowest BCUT2D eigenvalue weighted by Crippen LogP contribution is -2.36. The fourth-order valence-electron chi connectivity index (χ4n) is 3.83. The number of benzene rings is 2. The molecule has 0 aliphatic carbocycles. The molecule has 3 aromatic rings. The Morgan fingerprint density at radius 2 is 1.72 bits per heavy atom. The first kappa shape index (κ1) is 34.1. The monoisotopic (exact) mass is 657 g/mol. The van der Waals surface area contributed by atoms with Crippen LogP contribution in [0.1, 0.15) is 57.3 Å². The summed E-state index contributed by atoms with van der Waals surface area (Å²) in [5, 5.41) is 8.22. The van der Waals surface area contributed by atoms with Crippen molar-refractivity contribution in [2.45, 2.75) is 51.6 Å². The second-order valence-corrected chi connectivity index (χ2v) is 11.0. The minimum Gasteiger partial charge on any atom is -0.349 e. The van der Waals surface area contributed by atoms with Crippen molar-refractivity contribution in [1.29, 1.82) is 0 Å². The Bertz CT molecular complexity index is 1490. The van der Waals surface area contributed by atoms with Crippen LogP contribution >= 0.6 is 23.4 Å². The van der Waals surface area contributed by atoms with Crippen LogP contribution in [0.5, 0.6) is 0 Å². The molecule has 1 aromatic heterocycles. The molecule has 2 aromatic carbocycles. The Morgan fingerprint density at radius 1 is 1.05 bits per heavy atom. The molecule has 7 nitrogen and oxygen atoms in total. The first-order chi connectivity index (χ1) is 19.9. The van der Waals surface area contributed by atoms with Gasteiger partial charge in [-0.1, -0.05) is 36.7 Å². The number of nitrogens with one attached hydrogen (secondary N) is 2. The van der Waals surface area contributed by atoms with Gasteiger partial charge in [-0.2, -0.15) is 46.9 Å². The summed E-state index contributed by atoms with van der Waals surface area (Å²) in [6, 6.07) is 7.74. The van der Waals surface area contributed by atoms with Crippen LogP contribution in [0.15, 0.2) is 36.4 Å². The second-order valence-electron chi connectivity index (χ2n) is 9.29. The van der Waals surface area contributed by atoms with Crippen molar-refractivity contribution in [1.82, 2.24) is 20.1 Å². The number of aryl methyl sites for hydroxylation is 1. The van der Waals surface area contributed by atoms with Gasteiger partial charge in [-0.15, -0.1) is 5.10 Å². The van der Waals surface area contributed by atoms with Gasteiger partial charge in [0.05, 0.1) is 22.7 Å². The molecule has 0 saturated carbocycles. The summed E-state index contributed by atoms with van der Waals surface area (Å²) >= 11 is 7.84. The fraction of sp³-hybridized carbons (Fsp3) is 0.385. The van der Waals surface area contributed by atoms with E-state index in [1.807, 2.05) is 6.92 Å². The average Bonchev–Trinajstić information content (AvgIpc) is 3.33. The van der Waals surface area contributed by atoms with Gasteiger partial charge in [0.1, 0.15) is 0 Å². The number of thioether (sulfide) groups is 1. The van der Waals surface area contributed by atoms with Crippen LogP contribution in [0, 0.1) is 6.92 Å². The summed E-state index contributed by atoms with van der Waals surface area (Å²) in [7, 11) is 0. The molecule has 2 amide bonds. The van der Waals surface area contributed by atoms with Crippen LogP contribution in [0.2, 0.25) is 5.02 Å². The molecule has 0 unspecified atom stereocenters. The highest BCUT2D eigenvalue weighted by Crippen LogP contribution is 2.44. The Labute approximate surface area is 249 Å². The van der Waals surface area contributed by atoms with E-state index in [2.05, 4.69) is 20.7 Å². The van der Waals surface area contributed by atoms with E-state index in [0.717, 1.165) is 5.75 Å². The number of aromatic nitrogens is 3. The zero-order valence-electron chi connectivity index (χ0n) is 22.6. The first-order valence-corrected chi connectivity index (χ1v) is 13.9. The molecule has 0 fully saturated rings. The van der Waals surface area contributed by atoms with E-state index in [4.69, 9.17) is 11.6 Å². The van der Waals surface area contributed by atoms with E-state index in [1.54, 1.807) is 18.7 Å². The van der Waals surface area contributed by atoms with E-state index in [0.29, 0.717) is 5.75 Å². The van der Waals surface area contributed by atoms with Crippen LogP contribution < -0.4 is 10.6 Å². The van der Waals surface area contributed by atoms with E-state index >= 15 is 0 Å². The van der Waals surface area contributed by atoms with Gasteiger partial charge >= 0.3 is 18.3 Å². The summed E-state index contributed by atoms with van der Waals surface area (Å²) < 4.78 is 106. The molecule has 0 bridgehead atoms. The smallest absolute Gasteiger partial charge is 0.349 e. The molecule has 17 heteroatoms. The highest BCUT2D eigenvalue weighted by atomic mass is 35.5. The number of alkyl halides is 8. The number of rotatable bonds is 10. The van der Waals surface area contributed by atoms with Crippen molar-refractivity contribution in [3.8, 4) is 0 Å². The maximum absolute atomic E-state index is 14.0. The molecule has 3 rings (SSSR count). The Morgan fingerprint density at radius 3 is 2.30 bits per heavy atom. The number of hydrogen-bond donors (Lipinski definition) is 2. The van der Waals surface area contributed by atoms with E-state index in [-0.39, 0.29) is 43.7 Å². The molecule has 0 saturated heterocycles. The van der Waals surface area contributed by atoms with Gasteiger partial charge in [0, 0.05) is 17.5 Å². The summed E-state index contributed by atoms with van der Waals surface area (Å²) in [4.78, 5) is 28.5. The van der Waals surface area contributed by atoms with Gasteiger partial charge in [0.15, 0.2) is 0 Å². The van der Waals surface area contributed by atoms with Crippen molar-refractivity contribution in [2.24, 2.45) is 0 Å². The Hall–Kier alpha value is -3.40. The normalized spacial score (nSPS) is 13.1. The van der Waals surface area contributed by atoms with Gasteiger partial charge in [0.2, 0.25) is 5.82 Å². The molecule has 2 N–H and O–H groups in total. The number of nitrogens with zero attached hydrogens (tertiary/aromatic N) is 3. The lowest BCUT2D eigenvalue weighted by atomic mass is 10.0. The standard InChI is InChI=1S/C26H24ClF8N5O2S/c1-4-43-12-14(3)36-21(42)19-16(6-5-7-17(19)27)20(41)37-18-9-8-15(10-13(18)2)11-40-23(24(28,29)26(33,34)35)38-22(39-40)25(30,31)32/h5-10,14H,4,11-12H2,1-3H3,(H,36,42)(H,37,41)/t14-/m0/s1.